The Hall–Kier alpha value is -2.61. The van der Waals surface area contributed by atoms with Gasteiger partial charge >= 0.3 is 0 Å². The van der Waals surface area contributed by atoms with Crippen LogP contribution in [0.4, 0.5) is 0 Å². The Morgan fingerprint density at radius 3 is 2.26 bits per heavy atom. The fourth-order valence-electron chi connectivity index (χ4n) is 2.39. The molecule has 0 aliphatic carbocycles. The highest BCUT2D eigenvalue weighted by Gasteiger charge is 2.03. The van der Waals surface area contributed by atoms with Crippen molar-refractivity contribution in [2.75, 3.05) is 0 Å². The first kappa shape index (κ1) is 11.5. The highest BCUT2D eigenvalue weighted by molar-refractivity contribution is 6.11. The van der Waals surface area contributed by atoms with Crippen LogP contribution in [0.1, 0.15) is 5.56 Å². The molecular formula is C17H13NO. The van der Waals surface area contributed by atoms with E-state index >= 15 is 0 Å². The van der Waals surface area contributed by atoms with E-state index < -0.39 is 5.91 Å². The van der Waals surface area contributed by atoms with Crippen molar-refractivity contribution in [3.05, 3.63) is 66.2 Å². The van der Waals surface area contributed by atoms with Gasteiger partial charge < -0.3 is 5.73 Å². The first-order valence-corrected chi connectivity index (χ1v) is 6.14. The third-order valence-electron chi connectivity index (χ3n) is 3.23. The van der Waals surface area contributed by atoms with Crippen LogP contribution < -0.4 is 5.73 Å². The number of rotatable bonds is 2. The molecule has 3 aromatic carbocycles. The van der Waals surface area contributed by atoms with Crippen molar-refractivity contribution < 1.29 is 4.79 Å². The average Bonchev–Trinajstić information content (AvgIpc) is 2.44. The summed E-state index contributed by atoms with van der Waals surface area (Å²) in [5.74, 6) is -0.433. The zero-order chi connectivity index (χ0) is 13.2. The van der Waals surface area contributed by atoms with Gasteiger partial charge in [-0.3, -0.25) is 4.79 Å². The Bertz CT molecular complexity index is 803. The minimum atomic E-state index is -0.433. The first-order chi connectivity index (χ1) is 9.25. The van der Waals surface area contributed by atoms with Gasteiger partial charge in [0.2, 0.25) is 5.91 Å². The number of benzene rings is 3. The van der Waals surface area contributed by atoms with Crippen molar-refractivity contribution in [3.63, 3.8) is 0 Å². The maximum Gasteiger partial charge on any atom is 0.241 e. The van der Waals surface area contributed by atoms with E-state index in [0.717, 1.165) is 16.3 Å². The van der Waals surface area contributed by atoms with Crippen LogP contribution in [0.5, 0.6) is 0 Å². The number of nitrogens with two attached hydrogens (primary N) is 1. The summed E-state index contributed by atoms with van der Waals surface area (Å²) < 4.78 is 0. The molecule has 92 valence electrons. The van der Waals surface area contributed by atoms with E-state index in [1.807, 2.05) is 24.3 Å². The van der Waals surface area contributed by atoms with Gasteiger partial charge in [0.15, 0.2) is 0 Å². The molecule has 0 saturated carbocycles. The summed E-state index contributed by atoms with van der Waals surface area (Å²) in [4.78, 5) is 10.9. The summed E-state index contributed by atoms with van der Waals surface area (Å²) in [5, 5.41) is 4.68. The van der Waals surface area contributed by atoms with Crippen molar-refractivity contribution >= 4 is 33.5 Å². The van der Waals surface area contributed by atoms with E-state index in [1.54, 1.807) is 6.08 Å². The minimum absolute atomic E-state index is 0.433. The number of hydrogen-bond acceptors (Lipinski definition) is 1. The Kier molecular flexibility index (Phi) is 2.76. The molecule has 0 atom stereocenters. The fourth-order valence-corrected chi connectivity index (χ4v) is 2.39. The Labute approximate surface area is 111 Å². The van der Waals surface area contributed by atoms with Gasteiger partial charge in [0.1, 0.15) is 0 Å². The Balaban J connectivity index is 2.39. The zero-order valence-corrected chi connectivity index (χ0v) is 10.3. The molecule has 0 fully saturated rings. The molecule has 0 bridgehead atoms. The summed E-state index contributed by atoms with van der Waals surface area (Å²) in [5.41, 5.74) is 6.18. The maximum absolute atomic E-state index is 10.9. The Morgan fingerprint density at radius 1 is 0.895 bits per heavy atom. The summed E-state index contributed by atoms with van der Waals surface area (Å²) in [7, 11) is 0. The van der Waals surface area contributed by atoms with Gasteiger partial charge in [0.05, 0.1) is 0 Å². The maximum atomic E-state index is 10.9. The molecule has 0 spiro atoms. The van der Waals surface area contributed by atoms with E-state index in [0.29, 0.717) is 0 Å². The lowest BCUT2D eigenvalue weighted by Crippen LogP contribution is -2.05. The van der Waals surface area contributed by atoms with Crippen molar-refractivity contribution in [1.82, 2.24) is 0 Å². The quantitative estimate of drug-likeness (QED) is 0.546. The molecule has 3 rings (SSSR count). The van der Waals surface area contributed by atoms with Crippen molar-refractivity contribution in [2.24, 2.45) is 5.73 Å². The molecule has 19 heavy (non-hydrogen) atoms. The summed E-state index contributed by atoms with van der Waals surface area (Å²) in [6, 6.07) is 18.5. The lowest BCUT2D eigenvalue weighted by molar-refractivity contribution is -0.113. The molecule has 0 aromatic heterocycles. The van der Waals surface area contributed by atoms with Crippen LogP contribution in [0.25, 0.3) is 27.6 Å². The second-order valence-electron chi connectivity index (χ2n) is 4.47. The molecule has 2 nitrogen and oxygen atoms in total. The van der Waals surface area contributed by atoms with Crippen molar-refractivity contribution in [2.45, 2.75) is 0 Å². The largest absolute Gasteiger partial charge is 0.366 e. The molecular weight excluding hydrogens is 234 g/mol. The summed E-state index contributed by atoms with van der Waals surface area (Å²) in [6.07, 6.45) is 3.17. The highest BCUT2D eigenvalue weighted by atomic mass is 16.1. The molecule has 2 heteroatoms. The monoisotopic (exact) mass is 247 g/mol. The van der Waals surface area contributed by atoms with E-state index in [1.165, 1.54) is 16.8 Å². The van der Waals surface area contributed by atoms with E-state index in [-0.39, 0.29) is 0 Å². The molecule has 3 aromatic rings. The van der Waals surface area contributed by atoms with E-state index in [9.17, 15) is 4.79 Å². The van der Waals surface area contributed by atoms with Crippen LogP contribution in [-0.4, -0.2) is 5.91 Å². The number of amides is 1. The van der Waals surface area contributed by atoms with E-state index in [4.69, 9.17) is 5.73 Å². The van der Waals surface area contributed by atoms with Crippen molar-refractivity contribution in [1.29, 1.82) is 0 Å². The second-order valence-corrected chi connectivity index (χ2v) is 4.47. The van der Waals surface area contributed by atoms with Crippen LogP contribution in [0.2, 0.25) is 0 Å². The fraction of sp³-hybridized carbons (Fsp3) is 0. The molecule has 0 saturated heterocycles. The van der Waals surface area contributed by atoms with Crippen LogP contribution in [0.15, 0.2) is 60.7 Å². The van der Waals surface area contributed by atoms with Crippen molar-refractivity contribution in [3.8, 4) is 0 Å². The molecule has 0 radical (unpaired) electrons. The first-order valence-electron chi connectivity index (χ1n) is 6.14. The predicted octanol–water partition coefficient (Wildman–Crippen LogP) is 3.49. The van der Waals surface area contributed by atoms with E-state index in [2.05, 4.69) is 30.3 Å². The molecule has 0 heterocycles. The van der Waals surface area contributed by atoms with Gasteiger partial charge in [-0.1, -0.05) is 48.5 Å². The smallest absolute Gasteiger partial charge is 0.241 e. The number of fused-ring (bicyclic) bond motifs is 3. The SMILES string of the molecule is NC(=O)C=Cc1cc2ccccc2c2ccccc12. The predicted molar refractivity (Wildman–Crippen MR) is 79.7 cm³/mol. The molecule has 1 amide bonds. The number of hydrogen-bond donors (Lipinski definition) is 1. The Morgan fingerprint density at radius 2 is 1.53 bits per heavy atom. The van der Waals surface area contributed by atoms with Crippen LogP contribution in [0.3, 0.4) is 0 Å². The van der Waals surface area contributed by atoms with Gasteiger partial charge in [0, 0.05) is 6.08 Å². The molecule has 0 aliphatic rings. The van der Waals surface area contributed by atoms with Crippen LogP contribution in [-0.2, 0) is 4.79 Å². The summed E-state index contributed by atoms with van der Waals surface area (Å²) >= 11 is 0. The lowest BCUT2D eigenvalue weighted by atomic mass is 9.97. The van der Waals surface area contributed by atoms with Gasteiger partial charge in [0.25, 0.3) is 0 Å². The number of carbonyl (C=O) groups excluding carboxylic acids is 1. The topological polar surface area (TPSA) is 43.1 Å². The van der Waals surface area contributed by atoms with Gasteiger partial charge in [-0.15, -0.1) is 0 Å². The number of primary amides is 1. The van der Waals surface area contributed by atoms with Gasteiger partial charge in [-0.25, -0.2) is 0 Å². The minimum Gasteiger partial charge on any atom is -0.366 e. The normalized spacial score (nSPS) is 11.4. The second kappa shape index (κ2) is 4.58. The molecule has 2 N–H and O–H groups in total. The average molecular weight is 247 g/mol. The third-order valence-corrected chi connectivity index (χ3v) is 3.23. The van der Waals surface area contributed by atoms with Crippen LogP contribution in [0, 0.1) is 0 Å². The van der Waals surface area contributed by atoms with Gasteiger partial charge in [-0.2, -0.15) is 0 Å². The zero-order valence-electron chi connectivity index (χ0n) is 10.3. The number of carbonyl (C=O) groups is 1. The third kappa shape index (κ3) is 2.08. The highest BCUT2D eigenvalue weighted by Crippen LogP contribution is 2.29. The van der Waals surface area contributed by atoms with Gasteiger partial charge in [-0.05, 0) is 39.3 Å². The lowest BCUT2D eigenvalue weighted by Gasteiger charge is -2.07. The molecule has 0 aliphatic heterocycles. The standard InChI is InChI=1S/C17H13NO/c18-17(19)10-9-13-11-12-5-1-2-6-14(12)16-8-4-3-7-15(13)16/h1-11H,(H2,18,19). The van der Waals surface area contributed by atoms with Crippen LogP contribution >= 0.6 is 0 Å². The summed E-state index contributed by atoms with van der Waals surface area (Å²) in [6.45, 7) is 0. The molecule has 0 unspecified atom stereocenters.